The van der Waals surface area contributed by atoms with Gasteiger partial charge in [-0.2, -0.15) is 0 Å². The quantitative estimate of drug-likeness (QED) is 0.539. The minimum absolute atomic E-state index is 0.135. The summed E-state index contributed by atoms with van der Waals surface area (Å²) in [7, 11) is 0. The van der Waals surface area contributed by atoms with Crippen molar-refractivity contribution in [1.82, 2.24) is 5.32 Å². The molecule has 2 aromatic rings. The molecule has 0 spiro atoms. The van der Waals surface area contributed by atoms with E-state index in [9.17, 15) is 24.8 Å². The molecule has 1 unspecified atom stereocenters. The summed E-state index contributed by atoms with van der Waals surface area (Å²) in [6.45, 7) is 1.52. The van der Waals surface area contributed by atoms with Crippen molar-refractivity contribution >= 4 is 23.3 Å². The van der Waals surface area contributed by atoms with Gasteiger partial charge in [-0.25, -0.2) is 0 Å². The number of nitro benzene ring substituents is 1. The van der Waals surface area contributed by atoms with Gasteiger partial charge < -0.3 is 20.1 Å². The van der Waals surface area contributed by atoms with Crippen LogP contribution in [0.2, 0.25) is 0 Å². The van der Waals surface area contributed by atoms with E-state index in [-0.39, 0.29) is 23.5 Å². The number of aliphatic carboxylic acids is 1. The second-order valence-electron chi connectivity index (χ2n) is 6.54. The summed E-state index contributed by atoms with van der Waals surface area (Å²) in [5.41, 5.74) is 0.758. The molecule has 152 valence electrons. The normalized spacial score (nSPS) is 14.8. The fraction of sp³-hybridized carbons (Fsp3) is 0.300. The highest BCUT2D eigenvalue weighted by molar-refractivity contribution is 6.02. The van der Waals surface area contributed by atoms with E-state index in [1.165, 1.54) is 18.2 Å². The van der Waals surface area contributed by atoms with E-state index in [1.54, 1.807) is 35.2 Å². The Morgan fingerprint density at radius 2 is 1.83 bits per heavy atom. The number of benzene rings is 2. The number of carbonyl (C=O) groups excluding carboxylic acids is 1. The molecular formula is C20H21N3O6. The molecule has 1 saturated heterocycles. The van der Waals surface area contributed by atoms with Crippen molar-refractivity contribution in [3.63, 3.8) is 0 Å². The number of ether oxygens (including phenoxy) is 1. The van der Waals surface area contributed by atoms with Crippen LogP contribution < -0.4 is 10.2 Å². The van der Waals surface area contributed by atoms with Gasteiger partial charge in [0.2, 0.25) is 0 Å². The largest absolute Gasteiger partial charge is 0.481 e. The molecule has 1 aliphatic rings. The molecule has 3 rings (SSSR count). The van der Waals surface area contributed by atoms with Crippen LogP contribution >= 0.6 is 0 Å². The van der Waals surface area contributed by atoms with E-state index in [0.717, 1.165) is 0 Å². The highest BCUT2D eigenvalue weighted by atomic mass is 16.6. The molecular weight excluding hydrogens is 378 g/mol. The molecule has 1 aliphatic heterocycles. The fourth-order valence-electron chi connectivity index (χ4n) is 3.30. The number of morpholine rings is 1. The van der Waals surface area contributed by atoms with Gasteiger partial charge in [0.05, 0.1) is 29.6 Å². The summed E-state index contributed by atoms with van der Waals surface area (Å²) >= 11 is 0. The van der Waals surface area contributed by atoms with Gasteiger partial charge >= 0.3 is 5.97 Å². The number of carboxylic acids is 1. The maximum absolute atomic E-state index is 12.9. The zero-order valence-corrected chi connectivity index (χ0v) is 15.6. The van der Waals surface area contributed by atoms with Gasteiger partial charge in [-0.05, 0) is 11.6 Å². The third-order valence-electron chi connectivity index (χ3n) is 4.75. The second kappa shape index (κ2) is 9.16. The molecule has 9 nitrogen and oxygen atoms in total. The van der Waals surface area contributed by atoms with E-state index < -0.39 is 22.7 Å². The molecule has 29 heavy (non-hydrogen) atoms. The maximum atomic E-state index is 12.9. The van der Waals surface area contributed by atoms with E-state index in [4.69, 9.17) is 4.74 Å². The summed E-state index contributed by atoms with van der Waals surface area (Å²) < 4.78 is 5.30. The highest BCUT2D eigenvalue weighted by Crippen LogP contribution is 2.32. The zero-order valence-electron chi connectivity index (χ0n) is 15.6. The van der Waals surface area contributed by atoms with Crippen LogP contribution in [0.25, 0.3) is 0 Å². The molecule has 0 saturated carbocycles. The van der Waals surface area contributed by atoms with Crippen molar-refractivity contribution in [2.75, 3.05) is 37.7 Å². The number of carboxylic acid groups (broad SMARTS) is 1. The van der Waals surface area contributed by atoms with Crippen LogP contribution in [0.4, 0.5) is 11.4 Å². The SMILES string of the molecule is O=C(NCC(C(=O)O)c1ccccc1)c1cccc([N+](=O)[O-])c1N1CCOCC1. The first kappa shape index (κ1) is 20.3. The van der Waals surface area contributed by atoms with Crippen molar-refractivity contribution in [3.8, 4) is 0 Å². The lowest BCUT2D eigenvalue weighted by atomic mass is 9.99. The van der Waals surface area contributed by atoms with Crippen LogP contribution in [-0.2, 0) is 9.53 Å². The van der Waals surface area contributed by atoms with E-state index in [1.807, 2.05) is 0 Å². The zero-order chi connectivity index (χ0) is 20.8. The number of anilines is 1. The monoisotopic (exact) mass is 399 g/mol. The molecule has 1 atom stereocenters. The molecule has 2 N–H and O–H groups in total. The summed E-state index contributed by atoms with van der Waals surface area (Å²) in [6.07, 6.45) is 0. The van der Waals surface area contributed by atoms with Crippen LogP contribution in [0.3, 0.4) is 0 Å². The summed E-state index contributed by atoms with van der Waals surface area (Å²) in [4.78, 5) is 37.2. The van der Waals surface area contributed by atoms with Gasteiger partial charge in [0, 0.05) is 25.7 Å². The highest BCUT2D eigenvalue weighted by Gasteiger charge is 2.28. The number of amides is 1. The maximum Gasteiger partial charge on any atom is 0.312 e. The molecule has 1 amide bonds. The molecule has 9 heteroatoms. The number of nitrogens with zero attached hydrogens (tertiary/aromatic N) is 2. The number of nitrogens with one attached hydrogen (secondary N) is 1. The molecule has 1 fully saturated rings. The van der Waals surface area contributed by atoms with Crippen molar-refractivity contribution in [2.24, 2.45) is 0 Å². The van der Waals surface area contributed by atoms with Crippen LogP contribution in [0.15, 0.2) is 48.5 Å². The Morgan fingerprint density at radius 3 is 2.45 bits per heavy atom. The average Bonchev–Trinajstić information content (AvgIpc) is 2.74. The molecule has 2 aromatic carbocycles. The lowest BCUT2D eigenvalue weighted by molar-refractivity contribution is -0.384. The van der Waals surface area contributed by atoms with Crippen LogP contribution in [0, 0.1) is 10.1 Å². The standard InChI is InChI=1S/C20H21N3O6/c24-19(21-13-16(20(25)26)14-5-2-1-3-6-14)15-7-4-8-17(23(27)28)18(15)22-9-11-29-12-10-22/h1-8,16H,9-13H2,(H,21,24)(H,25,26). The molecule has 0 aliphatic carbocycles. The lowest BCUT2D eigenvalue weighted by Gasteiger charge is -2.29. The van der Waals surface area contributed by atoms with Crippen molar-refractivity contribution in [3.05, 3.63) is 69.8 Å². The Morgan fingerprint density at radius 1 is 1.14 bits per heavy atom. The van der Waals surface area contributed by atoms with Crippen LogP contribution in [0.1, 0.15) is 21.8 Å². The number of hydrogen-bond donors (Lipinski definition) is 2. The Labute approximate surface area is 167 Å². The summed E-state index contributed by atoms with van der Waals surface area (Å²) in [6, 6.07) is 12.9. The number of hydrogen-bond acceptors (Lipinski definition) is 6. The van der Waals surface area contributed by atoms with Crippen molar-refractivity contribution < 1.29 is 24.4 Å². The summed E-state index contributed by atoms with van der Waals surface area (Å²) in [5, 5.41) is 23.7. The third-order valence-corrected chi connectivity index (χ3v) is 4.75. The molecule has 0 aromatic heterocycles. The minimum Gasteiger partial charge on any atom is -0.481 e. The van der Waals surface area contributed by atoms with Gasteiger partial charge in [0.25, 0.3) is 11.6 Å². The second-order valence-corrected chi connectivity index (χ2v) is 6.54. The smallest absolute Gasteiger partial charge is 0.312 e. The topological polar surface area (TPSA) is 122 Å². The number of carbonyl (C=O) groups is 2. The van der Waals surface area contributed by atoms with E-state index >= 15 is 0 Å². The van der Waals surface area contributed by atoms with Crippen LogP contribution in [-0.4, -0.2) is 54.8 Å². The lowest BCUT2D eigenvalue weighted by Crippen LogP contribution is -2.39. The van der Waals surface area contributed by atoms with Gasteiger partial charge in [-0.15, -0.1) is 0 Å². The van der Waals surface area contributed by atoms with Gasteiger partial charge in [0.1, 0.15) is 5.69 Å². The van der Waals surface area contributed by atoms with Crippen molar-refractivity contribution in [2.45, 2.75) is 5.92 Å². The van der Waals surface area contributed by atoms with Gasteiger partial charge in [-0.1, -0.05) is 36.4 Å². The first-order valence-electron chi connectivity index (χ1n) is 9.15. The predicted octanol–water partition coefficient (Wildman–Crippen LogP) is 2.03. The Kier molecular flexibility index (Phi) is 6.40. The minimum atomic E-state index is -1.07. The first-order valence-corrected chi connectivity index (χ1v) is 9.15. The van der Waals surface area contributed by atoms with E-state index in [0.29, 0.717) is 31.9 Å². The molecule has 0 radical (unpaired) electrons. The van der Waals surface area contributed by atoms with E-state index in [2.05, 4.69) is 5.32 Å². The van der Waals surface area contributed by atoms with Gasteiger partial charge in [0.15, 0.2) is 0 Å². The van der Waals surface area contributed by atoms with Crippen LogP contribution in [0.5, 0.6) is 0 Å². The first-order chi connectivity index (χ1) is 14.0. The predicted molar refractivity (Wildman–Crippen MR) is 105 cm³/mol. The third kappa shape index (κ3) is 4.69. The summed E-state index contributed by atoms with van der Waals surface area (Å²) in [5.74, 6) is -2.55. The molecule has 0 bridgehead atoms. The van der Waals surface area contributed by atoms with Gasteiger partial charge in [-0.3, -0.25) is 19.7 Å². The number of para-hydroxylation sites is 1. The number of rotatable bonds is 7. The molecule has 1 heterocycles. The fourth-order valence-corrected chi connectivity index (χ4v) is 3.30. The van der Waals surface area contributed by atoms with Crippen molar-refractivity contribution in [1.29, 1.82) is 0 Å². The Bertz CT molecular complexity index is 896. The number of nitro groups is 1. The Hall–Kier alpha value is -3.46. The Balaban J connectivity index is 1.85. The average molecular weight is 399 g/mol.